The second-order valence-corrected chi connectivity index (χ2v) is 7.05. The van der Waals surface area contributed by atoms with Crippen LogP contribution >= 0.6 is 0 Å². The van der Waals surface area contributed by atoms with Gasteiger partial charge in [-0.15, -0.1) is 0 Å². The molecule has 0 amide bonds. The fourth-order valence-corrected chi connectivity index (χ4v) is 3.55. The van der Waals surface area contributed by atoms with E-state index < -0.39 is 0 Å². The van der Waals surface area contributed by atoms with Gasteiger partial charge in [-0.3, -0.25) is 10.00 Å². The van der Waals surface area contributed by atoms with Crippen molar-refractivity contribution in [2.24, 2.45) is 0 Å². The summed E-state index contributed by atoms with van der Waals surface area (Å²) < 4.78 is 0. The molecule has 8 heteroatoms. The van der Waals surface area contributed by atoms with Crippen LogP contribution in [0.15, 0.2) is 36.8 Å². The first kappa shape index (κ1) is 18.1. The second-order valence-electron chi connectivity index (χ2n) is 7.05. The van der Waals surface area contributed by atoms with Crippen LogP contribution in [0.25, 0.3) is 0 Å². The smallest absolute Gasteiger partial charge is 0.140 e. The highest BCUT2D eigenvalue weighted by Gasteiger charge is 2.22. The number of hydrogen-bond donors (Lipinski definition) is 2. The van der Waals surface area contributed by atoms with E-state index in [1.54, 1.807) is 12.3 Å². The van der Waals surface area contributed by atoms with Crippen molar-refractivity contribution in [2.45, 2.75) is 32.2 Å². The molecule has 4 heterocycles. The molecule has 0 aliphatic carbocycles. The van der Waals surface area contributed by atoms with E-state index in [2.05, 4.69) is 35.4 Å². The molecule has 1 fully saturated rings. The lowest BCUT2D eigenvalue weighted by Gasteiger charge is -2.31. The van der Waals surface area contributed by atoms with E-state index in [9.17, 15) is 0 Å². The van der Waals surface area contributed by atoms with E-state index in [-0.39, 0.29) is 0 Å². The van der Waals surface area contributed by atoms with Gasteiger partial charge in [-0.1, -0.05) is 0 Å². The number of nitrogens with one attached hydrogen (secondary N) is 2. The summed E-state index contributed by atoms with van der Waals surface area (Å²) in [4.78, 5) is 15.7. The van der Waals surface area contributed by atoms with Gasteiger partial charge >= 0.3 is 0 Å². The molecular formula is C20H22N8. The van der Waals surface area contributed by atoms with Crippen molar-refractivity contribution in [3.05, 3.63) is 59.6 Å². The number of aromatic amines is 1. The van der Waals surface area contributed by atoms with Gasteiger partial charge in [0.15, 0.2) is 0 Å². The van der Waals surface area contributed by atoms with Gasteiger partial charge in [-0.25, -0.2) is 15.0 Å². The molecule has 3 aromatic heterocycles. The first-order valence-electron chi connectivity index (χ1n) is 9.38. The highest BCUT2D eigenvalue weighted by atomic mass is 15.1. The zero-order valence-corrected chi connectivity index (χ0v) is 15.8. The summed E-state index contributed by atoms with van der Waals surface area (Å²) in [5, 5.41) is 19.0. The molecule has 0 unspecified atom stereocenters. The van der Waals surface area contributed by atoms with Gasteiger partial charge in [-0.05, 0) is 45.0 Å². The molecule has 3 aromatic rings. The number of nitrogens with zero attached hydrogens (tertiary/aromatic N) is 6. The minimum atomic E-state index is 0.396. The van der Waals surface area contributed by atoms with Crippen molar-refractivity contribution < 1.29 is 0 Å². The molecule has 0 radical (unpaired) electrons. The van der Waals surface area contributed by atoms with Crippen LogP contribution in [0.4, 0.5) is 11.5 Å². The number of likely N-dealkylation sites (tertiary alicyclic amines) is 1. The standard InChI is InChI=1S/C20H22N8/c1-14-25-19(8-20(26-14)27-18-3-2-17(9-21)22-12-18)16-4-6-28(7-5-16)13-15-10-23-24-11-15/h2-3,8,10-12,16H,4-7,13H2,1H3,(H,23,24)(H,25,26,27). The number of pyridine rings is 1. The van der Waals surface area contributed by atoms with E-state index in [1.165, 1.54) is 5.56 Å². The van der Waals surface area contributed by atoms with Crippen molar-refractivity contribution >= 4 is 11.5 Å². The summed E-state index contributed by atoms with van der Waals surface area (Å²) >= 11 is 0. The van der Waals surface area contributed by atoms with Crippen LogP contribution in [0.5, 0.6) is 0 Å². The molecular weight excluding hydrogens is 352 g/mol. The minimum absolute atomic E-state index is 0.396. The van der Waals surface area contributed by atoms with E-state index in [1.807, 2.05) is 37.5 Å². The lowest BCUT2D eigenvalue weighted by molar-refractivity contribution is 0.203. The Morgan fingerprint density at radius 1 is 1.25 bits per heavy atom. The summed E-state index contributed by atoms with van der Waals surface area (Å²) in [6, 6.07) is 7.57. The van der Waals surface area contributed by atoms with Gasteiger partial charge < -0.3 is 5.32 Å². The molecule has 0 spiro atoms. The monoisotopic (exact) mass is 374 g/mol. The molecule has 1 aliphatic rings. The number of aromatic nitrogens is 5. The zero-order valence-electron chi connectivity index (χ0n) is 15.8. The Balaban J connectivity index is 1.41. The Bertz CT molecular complexity index is 951. The topological polar surface area (TPSA) is 106 Å². The molecule has 0 saturated carbocycles. The maximum Gasteiger partial charge on any atom is 0.140 e. The number of rotatable bonds is 5. The lowest BCUT2D eigenvalue weighted by Crippen LogP contribution is -2.32. The Hall–Kier alpha value is -3.31. The van der Waals surface area contributed by atoms with Gasteiger partial charge in [0.25, 0.3) is 0 Å². The summed E-state index contributed by atoms with van der Waals surface area (Å²) in [7, 11) is 0. The molecule has 4 rings (SSSR count). The number of anilines is 2. The van der Waals surface area contributed by atoms with Crippen LogP contribution < -0.4 is 5.32 Å². The van der Waals surface area contributed by atoms with Crippen molar-refractivity contribution in [3.63, 3.8) is 0 Å². The van der Waals surface area contributed by atoms with Crippen LogP contribution in [0.3, 0.4) is 0 Å². The van der Waals surface area contributed by atoms with Gasteiger partial charge in [0, 0.05) is 36.0 Å². The predicted octanol–water partition coefficient (Wildman–Crippen LogP) is 2.90. The fraction of sp³-hybridized carbons (Fsp3) is 0.350. The number of hydrogen-bond acceptors (Lipinski definition) is 7. The Kier molecular flexibility index (Phi) is 5.26. The van der Waals surface area contributed by atoms with E-state index in [4.69, 9.17) is 5.26 Å². The van der Waals surface area contributed by atoms with Crippen LogP contribution in [0.2, 0.25) is 0 Å². The van der Waals surface area contributed by atoms with E-state index in [0.717, 1.165) is 55.5 Å². The Morgan fingerprint density at radius 2 is 2.11 bits per heavy atom. The van der Waals surface area contributed by atoms with Crippen LogP contribution in [0, 0.1) is 18.3 Å². The number of piperidine rings is 1. The average molecular weight is 374 g/mol. The van der Waals surface area contributed by atoms with Gasteiger partial charge in [-0.2, -0.15) is 10.4 Å². The number of nitriles is 1. The van der Waals surface area contributed by atoms with Gasteiger partial charge in [0.05, 0.1) is 18.1 Å². The van der Waals surface area contributed by atoms with Gasteiger partial charge in [0.2, 0.25) is 0 Å². The SMILES string of the molecule is Cc1nc(Nc2ccc(C#N)nc2)cc(C2CCN(Cc3cn[nH]c3)CC2)n1. The maximum absolute atomic E-state index is 8.86. The third-order valence-electron chi connectivity index (χ3n) is 4.98. The van der Waals surface area contributed by atoms with Crippen LogP contribution in [0.1, 0.15) is 41.5 Å². The first-order chi connectivity index (χ1) is 13.7. The molecule has 0 aromatic carbocycles. The largest absolute Gasteiger partial charge is 0.339 e. The molecule has 2 N–H and O–H groups in total. The molecule has 142 valence electrons. The molecule has 28 heavy (non-hydrogen) atoms. The van der Waals surface area contributed by atoms with Crippen molar-refractivity contribution in [3.8, 4) is 6.07 Å². The van der Waals surface area contributed by atoms with Crippen molar-refractivity contribution in [1.82, 2.24) is 30.0 Å². The third-order valence-corrected chi connectivity index (χ3v) is 4.98. The molecule has 1 saturated heterocycles. The van der Waals surface area contributed by atoms with E-state index in [0.29, 0.717) is 11.6 Å². The van der Waals surface area contributed by atoms with Crippen LogP contribution in [-0.2, 0) is 6.54 Å². The summed E-state index contributed by atoms with van der Waals surface area (Å²) in [6.07, 6.45) is 7.63. The van der Waals surface area contributed by atoms with Gasteiger partial charge in [0.1, 0.15) is 23.4 Å². The predicted molar refractivity (Wildman–Crippen MR) is 105 cm³/mol. The number of H-pyrrole nitrogens is 1. The second kappa shape index (κ2) is 8.15. The Morgan fingerprint density at radius 3 is 2.79 bits per heavy atom. The fourth-order valence-electron chi connectivity index (χ4n) is 3.55. The van der Waals surface area contributed by atoms with E-state index >= 15 is 0 Å². The number of aryl methyl sites for hydroxylation is 1. The molecule has 8 nitrogen and oxygen atoms in total. The Labute approximate surface area is 163 Å². The molecule has 0 bridgehead atoms. The summed E-state index contributed by atoms with van der Waals surface area (Å²) in [5.74, 6) is 1.94. The minimum Gasteiger partial charge on any atom is -0.339 e. The maximum atomic E-state index is 8.86. The van der Waals surface area contributed by atoms with Crippen molar-refractivity contribution in [1.29, 1.82) is 5.26 Å². The summed E-state index contributed by atoms with van der Waals surface area (Å²) in [6.45, 7) is 4.94. The first-order valence-corrected chi connectivity index (χ1v) is 9.38. The average Bonchev–Trinajstić information content (AvgIpc) is 3.22. The molecule has 0 atom stereocenters. The quantitative estimate of drug-likeness (QED) is 0.707. The normalized spacial score (nSPS) is 15.3. The third kappa shape index (κ3) is 4.32. The van der Waals surface area contributed by atoms with Crippen molar-refractivity contribution in [2.75, 3.05) is 18.4 Å². The lowest BCUT2D eigenvalue weighted by atomic mass is 9.93. The van der Waals surface area contributed by atoms with Crippen LogP contribution in [-0.4, -0.2) is 43.1 Å². The summed E-state index contributed by atoms with van der Waals surface area (Å²) in [5.41, 5.74) is 3.50. The highest BCUT2D eigenvalue weighted by molar-refractivity contribution is 5.55. The molecule has 1 aliphatic heterocycles. The zero-order chi connectivity index (χ0) is 19.3. The highest BCUT2D eigenvalue weighted by Crippen LogP contribution is 2.29.